The SMILES string of the molecule is O=C(O)C#CCNC(=O)C1CC2CC(NC(=O)OCC3c4ccccc4-c4ccccc43)C2C1. The second kappa shape index (κ2) is 9.22. The number of hydrogen-bond acceptors (Lipinski definition) is 4. The van der Waals surface area contributed by atoms with Crippen LogP contribution in [0.5, 0.6) is 0 Å². The predicted octanol–water partition coefficient (Wildman–Crippen LogP) is 3.14. The molecule has 0 bridgehead atoms. The lowest BCUT2D eigenvalue weighted by Crippen LogP contribution is -2.50. The van der Waals surface area contributed by atoms with Crippen molar-refractivity contribution in [1.29, 1.82) is 0 Å². The summed E-state index contributed by atoms with van der Waals surface area (Å²) in [5, 5.41) is 14.2. The number of amides is 2. The zero-order valence-electron chi connectivity index (χ0n) is 18.6. The average Bonchev–Trinajstić information content (AvgIpc) is 3.34. The van der Waals surface area contributed by atoms with Crippen molar-refractivity contribution in [3.63, 3.8) is 0 Å². The number of carbonyl (C=O) groups excluding carboxylic acids is 2. The molecule has 5 rings (SSSR count). The van der Waals surface area contributed by atoms with Crippen LogP contribution in [0.25, 0.3) is 11.1 Å². The number of rotatable bonds is 5. The van der Waals surface area contributed by atoms with E-state index in [9.17, 15) is 14.4 Å². The molecular formula is C27H26N2O5. The average molecular weight is 459 g/mol. The Morgan fingerprint density at radius 1 is 0.971 bits per heavy atom. The number of carboxylic acids is 1. The maximum absolute atomic E-state index is 12.6. The van der Waals surface area contributed by atoms with Gasteiger partial charge in [0, 0.05) is 23.8 Å². The van der Waals surface area contributed by atoms with E-state index in [4.69, 9.17) is 9.84 Å². The first kappa shape index (κ1) is 22.0. The summed E-state index contributed by atoms with van der Waals surface area (Å²) in [7, 11) is 0. The molecule has 174 valence electrons. The van der Waals surface area contributed by atoms with Gasteiger partial charge < -0.3 is 20.5 Å². The van der Waals surface area contributed by atoms with Crippen LogP contribution in [0.4, 0.5) is 4.79 Å². The molecule has 0 spiro atoms. The highest BCUT2D eigenvalue weighted by atomic mass is 16.5. The van der Waals surface area contributed by atoms with Gasteiger partial charge in [0.25, 0.3) is 0 Å². The van der Waals surface area contributed by atoms with Crippen molar-refractivity contribution >= 4 is 18.0 Å². The third-order valence-electron chi connectivity index (χ3n) is 7.39. The summed E-state index contributed by atoms with van der Waals surface area (Å²) in [5.74, 6) is 3.65. The third-order valence-corrected chi connectivity index (χ3v) is 7.39. The Morgan fingerprint density at radius 2 is 1.65 bits per heavy atom. The van der Waals surface area contributed by atoms with E-state index in [1.807, 2.05) is 30.2 Å². The Labute approximate surface area is 197 Å². The second-order valence-corrected chi connectivity index (χ2v) is 9.23. The molecule has 3 aliphatic carbocycles. The molecule has 0 aromatic heterocycles. The fourth-order valence-electron chi connectivity index (χ4n) is 5.79. The van der Waals surface area contributed by atoms with Crippen molar-refractivity contribution in [3.8, 4) is 23.0 Å². The Bertz CT molecular complexity index is 1150. The summed E-state index contributed by atoms with van der Waals surface area (Å²) < 4.78 is 5.66. The molecule has 0 heterocycles. The Morgan fingerprint density at radius 3 is 2.32 bits per heavy atom. The first-order valence-corrected chi connectivity index (χ1v) is 11.6. The van der Waals surface area contributed by atoms with Crippen LogP contribution in [0.1, 0.15) is 36.3 Å². The van der Waals surface area contributed by atoms with Crippen molar-refractivity contribution in [2.45, 2.75) is 31.2 Å². The van der Waals surface area contributed by atoms with E-state index in [-0.39, 0.29) is 42.9 Å². The Kier molecular flexibility index (Phi) is 5.97. The maximum Gasteiger partial charge on any atom is 0.407 e. The van der Waals surface area contributed by atoms with E-state index in [1.54, 1.807) is 0 Å². The molecule has 34 heavy (non-hydrogen) atoms. The van der Waals surface area contributed by atoms with Crippen LogP contribution >= 0.6 is 0 Å². The largest absolute Gasteiger partial charge is 0.472 e. The molecule has 7 nitrogen and oxygen atoms in total. The first-order valence-electron chi connectivity index (χ1n) is 11.6. The minimum absolute atomic E-state index is 0.0188. The molecule has 3 aliphatic rings. The molecule has 2 saturated carbocycles. The third kappa shape index (κ3) is 4.24. The van der Waals surface area contributed by atoms with Crippen molar-refractivity contribution in [2.24, 2.45) is 17.8 Å². The van der Waals surface area contributed by atoms with Crippen LogP contribution in [0.2, 0.25) is 0 Å². The zero-order chi connectivity index (χ0) is 23.7. The molecule has 4 atom stereocenters. The van der Waals surface area contributed by atoms with Gasteiger partial charge in [-0.25, -0.2) is 9.59 Å². The zero-order valence-corrected chi connectivity index (χ0v) is 18.6. The van der Waals surface area contributed by atoms with E-state index in [1.165, 1.54) is 22.3 Å². The number of nitrogens with one attached hydrogen (secondary N) is 2. The van der Waals surface area contributed by atoms with Gasteiger partial charge in [0.1, 0.15) is 6.61 Å². The van der Waals surface area contributed by atoms with Crippen molar-refractivity contribution in [1.82, 2.24) is 10.6 Å². The molecule has 2 aromatic rings. The second-order valence-electron chi connectivity index (χ2n) is 9.23. The summed E-state index contributed by atoms with van der Waals surface area (Å²) in [5.41, 5.74) is 4.74. The first-order chi connectivity index (χ1) is 16.5. The molecule has 0 saturated heterocycles. The van der Waals surface area contributed by atoms with Crippen LogP contribution in [0.3, 0.4) is 0 Å². The van der Waals surface area contributed by atoms with E-state index in [2.05, 4.69) is 40.8 Å². The number of carbonyl (C=O) groups is 3. The summed E-state index contributed by atoms with van der Waals surface area (Å²) in [6.45, 7) is 0.307. The van der Waals surface area contributed by atoms with Crippen molar-refractivity contribution < 1.29 is 24.2 Å². The van der Waals surface area contributed by atoms with E-state index in [0.717, 1.165) is 12.8 Å². The molecule has 2 fully saturated rings. The van der Waals surface area contributed by atoms with Crippen LogP contribution in [0.15, 0.2) is 48.5 Å². The van der Waals surface area contributed by atoms with E-state index in [0.29, 0.717) is 12.3 Å². The normalized spacial score (nSPS) is 23.9. The highest BCUT2D eigenvalue weighted by Crippen LogP contribution is 2.50. The van der Waals surface area contributed by atoms with Gasteiger partial charge in [0.2, 0.25) is 5.91 Å². The fraction of sp³-hybridized carbons (Fsp3) is 0.370. The summed E-state index contributed by atoms with van der Waals surface area (Å²) in [4.78, 5) is 35.4. The van der Waals surface area contributed by atoms with Gasteiger partial charge >= 0.3 is 12.1 Å². The van der Waals surface area contributed by atoms with Gasteiger partial charge in [-0.05, 0) is 53.4 Å². The molecule has 7 heteroatoms. The summed E-state index contributed by atoms with van der Waals surface area (Å²) >= 11 is 0. The van der Waals surface area contributed by atoms with E-state index < -0.39 is 12.1 Å². The number of carboxylic acid groups (broad SMARTS) is 1. The number of benzene rings is 2. The summed E-state index contributed by atoms with van der Waals surface area (Å²) in [6.07, 6.45) is 1.92. The lowest BCUT2D eigenvalue weighted by atomic mass is 9.71. The molecule has 0 radical (unpaired) electrons. The van der Waals surface area contributed by atoms with Gasteiger partial charge in [-0.2, -0.15) is 0 Å². The van der Waals surface area contributed by atoms with Gasteiger partial charge in [-0.15, -0.1) is 0 Å². The van der Waals surface area contributed by atoms with Gasteiger partial charge in [0.15, 0.2) is 0 Å². The maximum atomic E-state index is 12.6. The Balaban J connectivity index is 1.12. The molecule has 4 unspecified atom stereocenters. The van der Waals surface area contributed by atoms with Crippen LogP contribution in [0, 0.1) is 29.6 Å². The van der Waals surface area contributed by atoms with Crippen LogP contribution in [-0.4, -0.2) is 42.3 Å². The molecule has 2 amide bonds. The van der Waals surface area contributed by atoms with Crippen molar-refractivity contribution in [3.05, 3.63) is 59.7 Å². The molecule has 2 aromatic carbocycles. The smallest absolute Gasteiger partial charge is 0.407 e. The number of alkyl carbamates (subject to hydrolysis) is 1. The van der Waals surface area contributed by atoms with Crippen molar-refractivity contribution in [2.75, 3.05) is 13.2 Å². The predicted molar refractivity (Wildman–Crippen MR) is 125 cm³/mol. The highest BCUT2D eigenvalue weighted by Gasteiger charge is 2.50. The number of aliphatic carboxylic acids is 1. The number of hydrogen-bond donors (Lipinski definition) is 3. The monoisotopic (exact) mass is 458 g/mol. The number of ether oxygens (including phenoxy) is 1. The lowest BCUT2D eigenvalue weighted by molar-refractivity contribution is -0.130. The molecule has 3 N–H and O–H groups in total. The molecule has 0 aliphatic heterocycles. The molecular weight excluding hydrogens is 432 g/mol. The van der Waals surface area contributed by atoms with Gasteiger partial charge in [-0.1, -0.05) is 54.5 Å². The fourth-order valence-corrected chi connectivity index (χ4v) is 5.79. The summed E-state index contributed by atoms with van der Waals surface area (Å²) in [6, 6.07) is 16.5. The minimum Gasteiger partial charge on any atom is -0.472 e. The standard InChI is InChI=1S/C27H26N2O5/c30-25(31)10-5-11-28-26(32)17-12-16-14-24(22(16)13-17)29-27(33)34-15-23-20-8-3-1-6-18(20)19-7-2-4-9-21(19)23/h1-4,6-9,16-17,22-24H,11-15H2,(H,28,32)(H,29,33)(H,30,31). The highest BCUT2D eigenvalue weighted by molar-refractivity contribution is 5.86. The van der Waals surface area contributed by atoms with Crippen LogP contribution in [-0.2, 0) is 14.3 Å². The van der Waals surface area contributed by atoms with Gasteiger partial charge in [-0.3, -0.25) is 4.79 Å². The lowest BCUT2D eigenvalue weighted by Gasteiger charge is -2.40. The number of fused-ring (bicyclic) bond motifs is 4. The van der Waals surface area contributed by atoms with E-state index >= 15 is 0 Å². The Hall–Kier alpha value is -3.79. The van der Waals surface area contributed by atoms with Gasteiger partial charge in [0.05, 0.1) is 6.54 Å². The topological polar surface area (TPSA) is 105 Å². The minimum atomic E-state index is -1.21. The van der Waals surface area contributed by atoms with Crippen LogP contribution < -0.4 is 10.6 Å². The quantitative estimate of drug-likeness (QED) is 0.597.